The average Bonchev–Trinajstić information content (AvgIpc) is 1.83. The van der Waals surface area contributed by atoms with Crippen LogP contribution in [-0.4, -0.2) is 12.3 Å². The van der Waals surface area contributed by atoms with E-state index in [2.05, 4.69) is 10.0 Å². The summed E-state index contributed by atoms with van der Waals surface area (Å²) in [5.41, 5.74) is 7.80. The first kappa shape index (κ1) is 6.98. The molecule has 8 heavy (non-hydrogen) atoms. The highest BCUT2D eigenvalue weighted by atomic mass is 16.1. The van der Waals surface area contributed by atoms with Crippen LogP contribution in [0, 0.1) is 0 Å². The maximum absolute atomic E-state index is 9.86. The second-order valence-electron chi connectivity index (χ2n) is 1.32. The molecule has 4 nitrogen and oxygen atoms in total. The van der Waals surface area contributed by atoms with Crippen LogP contribution in [0.4, 0.5) is 0 Å². The second-order valence-corrected chi connectivity index (χ2v) is 1.32. The summed E-state index contributed by atoms with van der Waals surface area (Å²) in [6, 6.07) is -0.472. The quantitative estimate of drug-likeness (QED) is 0.235. The Hall–Kier alpha value is -1.02. The summed E-state index contributed by atoms with van der Waals surface area (Å²) in [5, 5.41) is 3.17. The van der Waals surface area contributed by atoms with Crippen LogP contribution in [0.15, 0.2) is 5.11 Å². The van der Waals surface area contributed by atoms with Crippen molar-refractivity contribution in [2.45, 2.75) is 19.4 Å². The lowest BCUT2D eigenvalue weighted by molar-refractivity contribution is -0.108. The summed E-state index contributed by atoms with van der Waals surface area (Å²) in [5.74, 6) is 0. The van der Waals surface area contributed by atoms with E-state index in [0.717, 1.165) is 0 Å². The van der Waals surface area contributed by atoms with Gasteiger partial charge >= 0.3 is 0 Å². The van der Waals surface area contributed by atoms with Crippen molar-refractivity contribution < 1.29 is 4.79 Å². The lowest BCUT2D eigenvalue weighted by atomic mass is 10.3. The van der Waals surface area contributed by atoms with Gasteiger partial charge in [-0.15, -0.1) is 0 Å². The molecule has 0 radical (unpaired) electrons. The van der Waals surface area contributed by atoms with Crippen molar-refractivity contribution in [3.8, 4) is 0 Å². The van der Waals surface area contributed by atoms with Gasteiger partial charge in [-0.1, -0.05) is 12.0 Å². The number of rotatable bonds is 3. The third-order valence-electron chi connectivity index (χ3n) is 0.775. The molecule has 0 rings (SSSR count). The molecule has 1 atom stereocenters. The third-order valence-corrected chi connectivity index (χ3v) is 0.775. The Balaban J connectivity index is 3.69. The standard InChI is InChI=1S/C4H7N3O/c1-2-4(3-8)6-7-5/h3-4H,2H2,1H3. The first-order valence-electron chi connectivity index (χ1n) is 2.34. The Morgan fingerprint density at radius 1 is 2.00 bits per heavy atom. The van der Waals surface area contributed by atoms with Crippen LogP contribution < -0.4 is 0 Å². The van der Waals surface area contributed by atoms with Crippen LogP contribution in [0.2, 0.25) is 0 Å². The topological polar surface area (TPSA) is 65.8 Å². The van der Waals surface area contributed by atoms with E-state index in [0.29, 0.717) is 12.7 Å². The summed E-state index contributed by atoms with van der Waals surface area (Å²) in [7, 11) is 0. The Kier molecular flexibility index (Phi) is 3.62. The Bertz CT molecular complexity index is 116. The van der Waals surface area contributed by atoms with E-state index in [9.17, 15) is 4.79 Å². The fourth-order valence-corrected chi connectivity index (χ4v) is 0.271. The molecule has 44 valence electrons. The average molecular weight is 113 g/mol. The van der Waals surface area contributed by atoms with Crippen LogP contribution >= 0.6 is 0 Å². The maximum Gasteiger partial charge on any atom is 0.128 e. The van der Waals surface area contributed by atoms with E-state index < -0.39 is 6.04 Å². The first-order valence-corrected chi connectivity index (χ1v) is 2.34. The molecule has 1 unspecified atom stereocenters. The Morgan fingerprint density at radius 3 is 2.75 bits per heavy atom. The molecule has 0 aromatic rings. The molecule has 0 aliphatic rings. The lowest BCUT2D eigenvalue weighted by Crippen LogP contribution is -2.00. The Labute approximate surface area is 47.1 Å². The van der Waals surface area contributed by atoms with Crippen molar-refractivity contribution in [3.63, 3.8) is 0 Å². The van der Waals surface area contributed by atoms with Crippen LogP contribution in [0.25, 0.3) is 10.4 Å². The van der Waals surface area contributed by atoms with E-state index in [1.807, 2.05) is 0 Å². The minimum Gasteiger partial charge on any atom is -0.303 e. The van der Waals surface area contributed by atoms with Crippen molar-refractivity contribution in [3.05, 3.63) is 10.4 Å². The molecular formula is C4H7N3O. The van der Waals surface area contributed by atoms with Gasteiger partial charge in [-0.25, -0.2) is 0 Å². The van der Waals surface area contributed by atoms with E-state index in [1.165, 1.54) is 0 Å². The number of azide groups is 1. The van der Waals surface area contributed by atoms with Gasteiger partial charge < -0.3 is 4.79 Å². The fourth-order valence-electron chi connectivity index (χ4n) is 0.271. The molecule has 0 aliphatic carbocycles. The zero-order valence-electron chi connectivity index (χ0n) is 4.61. The second kappa shape index (κ2) is 4.15. The van der Waals surface area contributed by atoms with Crippen LogP contribution in [0.5, 0.6) is 0 Å². The van der Waals surface area contributed by atoms with Gasteiger partial charge in [0.1, 0.15) is 6.29 Å². The highest BCUT2D eigenvalue weighted by molar-refractivity contribution is 5.57. The van der Waals surface area contributed by atoms with Crippen molar-refractivity contribution in [1.82, 2.24) is 0 Å². The molecule has 0 saturated carbocycles. The van der Waals surface area contributed by atoms with Gasteiger partial charge in [-0.2, -0.15) is 0 Å². The zero-order valence-corrected chi connectivity index (χ0v) is 4.61. The molecule has 0 heterocycles. The van der Waals surface area contributed by atoms with Gasteiger partial charge in [0.15, 0.2) is 0 Å². The summed E-state index contributed by atoms with van der Waals surface area (Å²) < 4.78 is 0. The van der Waals surface area contributed by atoms with E-state index >= 15 is 0 Å². The largest absolute Gasteiger partial charge is 0.303 e. The minimum atomic E-state index is -0.472. The first-order chi connectivity index (χ1) is 3.85. The van der Waals surface area contributed by atoms with E-state index in [-0.39, 0.29) is 0 Å². The molecule has 0 N–H and O–H groups in total. The maximum atomic E-state index is 9.86. The van der Waals surface area contributed by atoms with Gasteiger partial charge in [0, 0.05) is 4.91 Å². The number of hydrogen-bond acceptors (Lipinski definition) is 2. The van der Waals surface area contributed by atoms with Gasteiger partial charge in [-0.3, -0.25) is 0 Å². The molecule has 0 fully saturated rings. The highest BCUT2D eigenvalue weighted by Crippen LogP contribution is 1.91. The summed E-state index contributed by atoms with van der Waals surface area (Å²) in [6.07, 6.45) is 1.22. The number of hydrogen-bond donors (Lipinski definition) is 0. The molecule has 0 amide bonds. The third kappa shape index (κ3) is 2.21. The van der Waals surface area contributed by atoms with Gasteiger partial charge in [-0.05, 0) is 12.0 Å². The smallest absolute Gasteiger partial charge is 0.128 e. The van der Waals surface area contributed by atoms with Crippen molar-refractivity contribution in [2.24, 2.45) is 5.11 Å². The minimum absolute atomic E-state index is 0.472. The normalized spacial score (nSPS) is 11.6. The van der Waals surface area contributed by atoms with Gasteiger partial charge in [0.25, 0.3) is 0 Å². The van der Waals surface area contributed by atoms with Crippen LogP contribution in [0.1, 0.15) is 13.3 Å². The number of aldehydes is 1. The van der Waals surface area contributed by atoms with Crippen LogP contribution in [-0.2, 0) is 4.79 Å². The SMILES string of the molecule is CCC(C=O)N=[N+]=[N-]. The van der Waals surface area contributed by atoms with Crippen molar-refractivity contribution in [1.29, 1.82) is 0 Å². The molecule has 0 aromatic carbocycles. The number of carbonyl (C=O) groups is 1. The predicted octanol–water partition coefficient (Wildman–Crippen LogP) is 1.27. The molecule has 0 aromatic heterocycles. The summed E-state index contributed by atoms with van der Waals surface area (Å²) in [4.78, 5) is 12.3. The van der Waals surface area contributed by atoms with Crippen molar-refractivity contribution >= 4 is 6.29 Å². The molecular weight excluding hydrogens is 106 g/mol. The van der Waals surface area contributed by atoms with Gasteiger partial charge in [0.2, 0.25) is 0 Å². The molecule has 0 aliphatic heterocycles. The predicted molar refractivity (Wildman–Crippen MR) is 29.3 cm³/mol. The molecule has 4 heteroatoms. The highest BCUT2D eigenvalue weighted by Gasteiger charge is 1.96. The Morgan fingerprint density at radius 2 is 2.62 bits per heavy atom. The van der Waals surface area contributed by atoms with Crippen molar-refractivity contribution in [2.75, 3.05) is 0 Å². The number of carbonyl (C=O) groups excluding carboxylic acids is 1. The lowest BCUT2D eigenvalue weighted by Gasteiger charge is -1.90. The molecule has 0 spiro atoms. The molecule has 0 saturated heterocycles. The fraction of sp³-hybridized carbons (Fsp3) is 0.750. The zero-order chi connectivity index (χ0) is 6.41. The van der Waals surface area contributed by atoms with E-state index in [4.69, 9.17) is 5.53 Å². The number of nitrogens with zero attached hydrogens (tertiary/aromatic N) is 3. The monoisotopic (exact) mass is 113 g/mol. The molecule has 0 bridgehead atoms. The van der Waals surface area contributed by atoms with E-state index in [1.54, 1.807) is 6.92 Å². The van der Waals surface area contributed by atoms with Crippen LogP contribution in [0.3, 0.4) is 0 Å². The summed E-state index contributed by atoms with van der Waals surface area (Å²) >= 11 is 0. The summed E-state index contributed by atoms with van der Waals surface area (Å²) in [6.45, 7) is 1.79. The van der Waals surface area contributed by atoms with Gasteiger partial charge in [0.05, 0.1) is 6.04 Å².